The molecular weight excluding hydrogens is 304 g/mol. The van der Waals surface area contributed by atoms with Crippen molar-refractivity contribution in [2.75, 3.05) is 0 Å². The van der Waals surface area contributed by atoms with Crippen molar-refractivity contribution in [2.45, 2.75) is 24.9 Å². The summed E-state index contributed by atoms with van der Waals surface area (Å²) in [6, 6.07) is 14.7. The van der Waals surface area contributed by atoms with E-state index < -0.39 is 17.4 Å². The van der Waals surface area contributed by atoms with Crippen LogP contribution in [0.15, 0.2) is 48.5 Å². The maximum Gasteiger partial charge on any atom is 0.269 e. The van der Waals surface area contributed by atoms with Crippen molar-refractivity contribution in [3.8, 4) is 0 Å². The van der Waals surface area contributed by atoms with Crippen LogP contribution in [0.25, 0.3) is 0 Å². The second kappa shape index (κ2) is 6.43. The van der Waals surface area contributed by atoms with Crippen LogP contribution in [-0.2, 0) is 24.2 Å². The molecule has 0 aromatic heterocycles. The molecule has 2 aromatic rings. The van der Waals surface area contributed by atoms with Gasteiger partial charge in [0.2, 0.25) is 0 Å². The zero-order chi connectivity index (χ0) is 17.2. The van der Waals surface area contributed by atoms with Crippen molar-refractivity contribution in [2.24, 2.45) is 11.5 Å². The lowest BCUT2D eigenvalue weighted by molar-refractivity contribution is -0.126. The van der Waals surface area contributed by atoms with Crippen LogP contribution in [0.5, 0.6) is 0 Å². The van der Waals surface area contributed by atoms with Crippen LogP contribution in [0.3, 0.4) is 0 Å². The van der Waals surface area contributed by atoms with Gasteiger partial charge in [0.1, 0.15) is 5.54 Å². The van der Waals surface area contributed by atoms with E-state index in [1.807, 2.05) is 24.3 Å². The summed E-state index contributed by atoms with van der Waals surface area (Å²) in [6.07, 6.45) is 0.909. The number of rotatable bonds is 3. The molecule has 3 rings (SSSR count). The molecule has 1 aliphatic carbocycles. The third kappa shape index (κ3) is 3.15. The molecule has 0 atom stereocenters. The molecule has 6 heteroatoms. The van der Waals surface area contributed by atoms with Crippen LogP contribution >= 0.6 is 0 Å². The number of hydrogen-bond donors (Lipinski definition) is 4. The SMILES string of the molecule is NCc1ccc(C(=O)NNC(=O)C2(N)Cc3ccccc3C2)cc1. The quantitative estimate of drug-likeness (QED) is 0.613. The topological polar surface area (TPSA) is 110 Å². The first-order valence-electron chi connectivity index (χ1n) is 7.77. The molecular formula is C18H20N4O2. The molecule has 0 bridgehead atoms. The second-order valence-corrected chi connectivity index (χ2v) is 6.09. The van der Waals surface area contributed by atoms with Crippen molar-refractivity contribution in [3.63, 3.8) is 0 Å². The fraction of sp³-hybridized carbons (Fsp3) is 0.222. The highest BCUT2D eigenvalue weighted by Crippen LogP contribution is 2.28. The number of hydrazine groups is 1. The Labute approximate surface area is 140 Å². The first-order chi connectivity index (χ1) is 11.5. The Morgan fingerprint density at radius 2 is 1.54 bits per heavy atom. The minimum Gasteiger partial charge on any atom is -0.326 e. The summed E-state index contributed by atoms with van der Waals surface area (Å²) < 4.78 is 0. The number of nitrogens with two attached hydrogens (primary N) is 2. The molecule has 0 fully saturated rings. The molecule has 0 aliphatic heterocycles. The predicted octanol–water partition coefficient (Wildman–Crippen LogP) is 0.403. The smallest absolute Gasteiger partial charge is 0.269 e. The number of nitrogens with one attached hydrogen (secondary N) is 2. The maximum atomic E-state index is 12.4. The largest absolute Gasteiger partial charge is 0.326 e. The molecule has 6 nitrogen and oxygen atoms in total. The lowest BCUT2D eigenvalue weighted by atomic mass is 9.96. The molecule has 6 N–H and O–H groups in total. The number of carbonyl (C=O) groups is 2. The third-order valence-corrected chi connectivity index (χ3v) is 4.32. The van der Waals surface area contributed by atoms with Crippen LogP contribution in [0, 0.1) is 0 Å². The summed E-state index contributed by atoms with van der Waals surface area (Å²) in [5.41, 5.74) is 19.1. The van der Waals surface area contributed by atoms with Gasteiger partial charge in [-0.05, 0) is 28.8 Å². The summed E-state index contributed by atoms with van der Waals surface area (Å²) >= 11 is 0. The van der Waals surface area contributed by atoms with E-state index in [2.05, 4.69) is 10.9 Å². The average Bonchev–Trinajstić information content (AvgIpc) is 2.96. The molecule has 1 aliphatic rings. The van der Waals surface area contributed by atoms with Gasteiger partial charge in [-0.3, -0.25) is 20.4 Å². The lowest BCUT2D eigenvalue weighted by Crippen LogP contribution is -2.58. The Morgan fingerprint density at radius 3 is 2.08 bits per heavy atom. The zero-order valence-corrected chi connectivity index (χ0v) is 13.2. The van der Waals surface area contributed by atoms with E-state index in [4.69, 9.17) is 11.5 Å². The molecule has 0 saturated carbocycles. The van der Waals surface area contributed by atoms with Crippen molar-refractivity contribution < 1.29 is 9.59 Å². The van der Waals surface area contributed by atoms with Crippen molar-refractivity contribution in [3.05, 3.63) is 70.8 Å². The van der Waals surface area contributed by atoms with Gasteiger partial charge >= 0.3 is 0 Å². The third-order valence-electron chi connectivity index (χ3n) is 4.32. The van der Waals surface area contributed by atoms with Crippen LogP contribution in [0.2, 0.25) is 0 Å². The second-order valence-electron chi connectivity index (χ2n) is 6.09. The Hall–Kier alpha value is -2.70. The highest BCUT2D eigenvalue weighted by atomic mass is 16.2. The van der Waals surface area contributed by atoms with E-state index in [1.54, 1.807) is 24.3 Å². The Morgan fingerprint density at radius 1 is 0.958 bits per heavy atom. The van der Waals surface area contributed by atoms with Crippen LogP contribution < -0.4 is 22.3 Å². The minimum absolute atomic E-state index is 0.397. The van der Waals surface area contributed by atoms with Gasteiger partial charge in [-0.15, -0.1) is 0 Å². The molecule has 0 radical (unpaired) electrons. The van der Waals surface area contributed by atoms with Gasteiger partial charge in [0.05, 0.1) is 0 Å². The van der Waals surface area contributed by atoms with Crippen LogP contribution in [0.4, 0.5) is 0 Å². The van der Waals surface area contributed by atoms with E-state index in [9.17, 15) is 9.59 Å². The van der Waals surface area contributed by atoms with E-state index in [0.717, 1.165) is 16.7 Å². The molecule has 2 amide bonds. The monoisotopic (exact) mass is 324 g/mol. The molecule has 0 spiro atoms. The number of carbonyl (C=O) groups excluding carboxylic acids is 2. The number of fused-ring (bicyclic) bond motifs is 1. The van der Waals surface area contributed by atoms with E-state index in [1.165, 1.54) is 0 Å². The first kappa shape index (κ1) is 16.2. The molecule has 0 heterocycles. The van der Waals surface area contributed by atoms with E-state index in [0.29, 0.717) is 24.9 Å². The van der Waals surface area contributed by atoms with Crippen LogP contribution in [0.1, 0.15) is 27.0 Å². The Bertz CT molecular complexity index is 746. The van der Waals surface area contributed by atoms with Gasteiger partial charge in [-0.2, -0.15) is 0 Å². The highest BCUT2D eigenvalue weighted by molar-refractivity contribution is 5.96. The lowest BCUT2D eigenvalue weighted by Gasteiger charge is -2.22. The van der Waals surface area contributed by atoms with Gasteiger partial charge in [-0.25, -0.2) is 0 Å². The van der Waals surface area contributed by atoms with Gasteiger partial charge in [0, 0.05) is 24.9 Å². The van der Waals surface area contributed by atoms with E-state index >= 15 is 0 Å². The van der Waals surface area contributed by atoms with Gasteiger partial charge < -0.3 is 11.5 Å². The average molecular weight is 324 g/mol. The standard InChI is InChI=1S/C18H20N4O2/c19-11-12-5-7-13(8-6-12)16(23)21-22-17(24)18(20)9-14-3-1-2-4-15(14)10-18/h1-8H,9-11,19-20H2,(H,21,23)(H,22,24). The fourth-order valence-electron chi connectivity index (χ4n) is 2.91. The molecule has 0 saturated heterocycles. The van der Waals surface area contributed by atoms with Crippen molar-refractivity contribution >= 4 is 11.8 Å². The number of hydrogen-bond acceptors (Lipinski definition) is 4. The number of benzene rings is 2. The van der Waals surface area contributed by atoms with Gasteiger partial charge in [0.15, 0.2) is 0 Å². The Balaban J connectivity index is 1.60. The summed E-state index contributed by atoms with van der Waals surface area (Å²) in [7, 11) is 0. The first-order valence-corrected chi connectivity index (χ1v) is 7.77. The highest BCUT2D eigenvalue weighted by Gasteiger charge is 2.40. The molecule has 0 unspecified atom stereocenters. The Kier molecular flexibility index (Phi) is 4.33. The van der Waals surface area contributed by atoms with Gasteiger partial charge in [0.25, 0.3) is 11.8 Å². The normalized spacial score (nSPS) is 14.8. The fourth-order valence-corrected chi connectivity index (χ4v) is 2.91. The summed E-state index contributed by atoms with van der Waals surface area (Å²) in [5, 5.41) is 0. The minimum atomic E-state index is -1.04. The van der Waals surface area contributed by atoms with Crippen LogP contribution in [-0.4, -0.2) is 17.4 Å². The maximum absolute atomic E-state index is 12.4. The summed E-state index contributed by atoms with van der Waals surface area (Å²) in [4.78, 5) is 24.5. The molecule has 24 heavy (non-hydrogen) atoms. The molecule has 124 valence electrons. The predicted molar refractivity (Wildman–Crippen MR) is 90.7 cm³/mol. The van der Waals surface area contributed by atoms with Gasteiger partial charge in [-0.1, -0.05) is 36.4 Å². The summed E-state index contributed by atoms with van der Waals surface area (Å²) in [5.74, 6) is -0.795. The van der Waals surface area contributed by atoms with E-state index in [-0.39, 0.29) is 0 Å². The van der Waals surface area contributed by atoms with Crippen molar-refractivity contribution in [1.29, 1.82) is 0 Å². The zero-order valence-electron chi connectivity index (χ0n) is 13.2. The number of amides is 2. The molecule has 2 aromatic carbocycles. The van der Waals surface area contributed by atoms with Crippen molar-refractivity contribution in [1.82, 2.24) is 10.9 Å². The summed E-state index contributed by atoms with van der Waals surface area (Å²) in [6.45, 7) is 0.412.